The molecule has 27 heavy (non-hydrogen) atoms. The predicted octanol–water partition coefficient (Wildman–Crippen LogP) is 3.92. The van der Waals surface area contributed by atoms with Gasteiger partial charge in [0.05, 0.1) is 11.7 Å². The van der Waals surface area contributed by atoms with Crippen LogP contribution in [0, 0.1) is 11.7 Å². The van der Waals surface area contributed by atoms with Crippen molar-refractivity contribution in [1.82, 2.24) is 9.55 Å². The monoisotopic (exact) mass is 385 g/mol. The van der Waals surface area contributed by atoms with Gasteiger partial charge in [0.1, 0.15) is 16.7 Å². The normalized spacial score (nSPS) is 17.5. The Morgan fingerprint density at radius 2 is 2.11 bits per heavy atom. The summed E-state index contributed by atoms with van der Waals surface area (Å²) in [6, 6.07) is 4.80. The number of nitrogens with one attached hydrogen (secondary N) is 1. The third-order valence-electron chi connectivity index (χ3n) is 5.15. The minimum Gasteiger partial charge on any atom is -0.324 e. The van der Waals surface area contributed by atoms with E-state index in [9.17, 15) is 14.0 Å². The standard InChI is InChI=1S/C20H20FN3O2S/c1-11-3-8-15-16(9-11)27-19-17(15)20(26)24(10-22-19)12(2)18(25)23-14-6-4-13(21)5-7-14/h4-7,10-12H,3,8-9H2,1-2H3,(H,23,25)/t11-,12-/m1/s1. The summed E-state index contributed by atoms with van der Waals surface area (Å²) < 4.78 is 14.4. The van der Waals surface area contributed by atoms with Crippen molar-refractivity contribution in [2.75, 3.05) is 5.32 Å². The van der Waals surface area contributed by atoms with Crippen LogP contribution >= 0.6 is 11.3 Å². The van der Waals surface area contributed by atoms with Gasteiger partial charge in [-0.25, -0.2) is 9.37 Å². The van der Waals surface area contributed by atoms with E-state index >= 15 is 0 Å². The smallest absolute Gasteiger partial charge is 0.263 e. The van der Waals surface area contributed by atoms with E-state index in [-0.39, 0.29) is 17.3 Å². The van der Waals surface area contributed by atoms with Crippen LogP contribution < -0.4 is 10.9 Å². The van der Waals surface area contributed by atoms with Gasteiger partial charge >= 0.3 is 0 Å². The molecule has 1 aliphatic carbocycles. The second-order valence-electron chi connectivity index (χ2n) is 7.16. The van der Waals surface area contributed by atoms with Gasteiger partial charge in [0.15, 0.2) is 0 Å². The number of aromatic nitrogens is 2. The summed E-state index contributed by atoms with van der Waals surface area (Å²) in [6.07, 6.45) is 4.38. The van der Waals surface area contributed by atoms with Gasteiger partial charge in [-0.1, -0.05) is 6.92 Å². The molecule has 0 bridgehead atoms. The SMILES string of the molecule is C[C@@H]1CCc2c(sc3ncn([C@H](C)C(=O)Nc4ccc(F)cc4)c(=O)c23)C1. The predicted molar refractivity (Wildman–Crippen MR) is 105 cm³/mol. The molecule has 1 aliphatic rings. The zero-order chi connectivity index (χ0) is 19.1. The number of nitrogens with zero attached hydrogens (tertiary/aromatic N) is 2. The van der Waals surface area contributed by atoms with Gasteiger partial charge in [-0.3, -0.25) is 14.2 Å². The number of hydrogen-bond donors (Lipinski definition) is 1. The number of carbonyl (C=O) groups is 1. The molecule has 0 spiro atoms. The Balaban J connectivity index is 1.66. The summed E-state index contributed by atoms with van der Waals surface area (Å²) in [5.74, 6) is -0.0979. The van der Waals surface area contributed by atoms with Crippen LogP contribution in [0.25, 0.3) is 10.2 Å². The third kappa shape index (κ3) is 3.27. The molecule has 1 aromatic carbocycles. The van der Waals surface area contributed by atoms with E-state index in [2.05, 4.69) is 17.2 Å². The molecule has 0 fully saturated rings. The fourth-order valence-electron chi connectivity index (χ4n) is 3.53. The minimum absolute atomic E-state index is 0.172. The van der Waals surface area contributed by atoms with Gasteiger partial charge in [0.25, 0.3) is 5.56 Å². The van der Waals surface area contributed by atoms with Crippen molar-refractivity contribution in [1.29, 1.82) is 0 Å². The second kappa shape index (κ2) is 6.88. The van der Waals surface area contributed by atoms with Gasteiger partial charge in [0, 0.05) is 10.6 Å². The van der Waals surface area contributed by atoms with E-state index in [4.69, 9.17) is 0 Å². The van der Waals surface area contributed by atoms with Crippen molar-refractivity contribution in [2.45, 2.75) is 39.2 Å². The first-order valence-electron chi connectivity index (χ1n) is 9.02. The fourth-order valence-corrected chi connectivity index (χ4v) is 4.87. The van der Waals surface area contributed by atoms with Crippen molar-refractivity contribution < 1.29 is 9.18 Å². The maximum Gasteiger partial charge on any atom is 0.263 e. The van der Waals surface area contributed by atoms with Crippen LogP contribution in [0.5, 0.6) is 0 Å². The van der Waals surface area contributed by atoms with Crippen LogP contribution in [-0.4, -0.2) is 15.5 Å². The molecule has 0 saturated heterocycles. The molecule has 7 heteroatoms. The van der Waals surface area contributed by atoms with Gasteiger partial charge in [-0.05, 0) is 61.9 Å². The molecule has 1 N–H and O–H groups in total. The van der Waals surface area contributed by atoms with E-state index in [1.807, 2.05) is 0 Å². The van der Waals surface area contributed by atoms with Crippen LogP contribution in [-0.2, 0) is 17.6 Å². The van der Waals surface area contributed by atoms with E-state index in [1.165, 1.54) is 40.0 Å². The van der Waals surface area contributed by atoms with Gasteiger partial charge in [-0.15, -0.1) is 11.3 Å². The number of thiophene rings is 1. The number of aryl methyl sites for hydroxylation is 1. The third-order valence-corrected chi connectivity index (χ3v) is 6.31. The molecule has 2 heterocycles. The molecule has 140 valence electrons. The molecule has 3 aromatic rings. The molecule has 1 amide bonds. The molecule has 0 unspecified atom stereocenters. The Labute approximate surface area is 159 Å². The van der Waals surface area contributed by atoms with Crippen LogP contribution in [0.2, 0.25) is 0 Å². The van der Waals surface area contributed by atoms with Crippen molar-refractivity contribution in [3.05, 3.63) is 57.2 Å². The average Bonchev–Trinajstić information content (AvgIpc) is 3.01. The zero-order valence-corrected chi connectivity index (χ0v) is 16.0. The van der Waals surface area contributed by atoms with Crippen LogP contribution in [0.3, 0.4) is 0 Å². The lowest BCUT2D eigenvalue weighted by Crippen LogP contribution is -2.32. The Kier molecular flexibility index (Phi) is 4.55. The number of carbonyl (C=O) groups excluding carboxylic acids is 1. The summed E-state index contributed by atoms with van der Waals surface area (Å²) in [5.41, 5.74) is 1.41. The van der Waals surface area contributed by atoms with Gasteiger partial charge in [-0.2, -0.15) is 0 Å². The second-order valence-corrected chi connectivity index (χ2v) is 8.24. The largest absolute Gasteiger partial charge is 0.324 e. The fraction of sp³-hybridized carbons (Fsp3) is 0.350. The lowest BCUT2D eigenvalue weighted by molar-refractivity contribution is -0.118. The molecular weight excluding hydrogens is 365 g/mol. The van der Waals surface area contributed by atoms with E-state index in [0.29, 0.717) is 17.0 Å². The van der Waals surface area contributed by atoms with Gasteiger partial charge in [0.2, 0.25) is 5.91 Å². The average molecular weight is 385 g/mol. The number of rotatable bonds is 3. The lowest BCUT2D eigenvalue weighted by atomic mass is 9.89. The summed E-state index contributed by atoms with van der Waals surface area (Å²) >= 11 is 1.59. The topological polar surface area (TPSA) is 64.0 Å². The maximum atomic E-state index is 13.1. The van der Waals surface area contributed by atoms with Crippen molar-refractivity contribution in [3.8, 4) is 0 Å². The first-order valence-corrected chi connectivity index (χ1v) is 9.83. The highest BCUT2D eigenvalue weighted by molar-refractivity contribution is 7.18. The first kappa shape index (κ1) is 17.9. The molecule has 2 aromatic heterocycles. The molecular formula is C20H20FN3O2S. The van der Waals surface area contributed by atoms with E-state index < -0.39 is 6.04 Å². The molecule has 5 nitrogen and oxygen atoms in total. The van der Waals surface area contributed by atoms with Crippen molar-refractivity contribution in [2.24, 2.45) is 5.92 Å². The Morgan fingerprint density at radius 3 is 2.85 bits per heavy atom. The molecule has 0 saturated carbocycles. The maximum absolute atomic E-state index is 13.1. The summed E-state index contributed by atoms with van der Waals surface area (Å²) in [5, 5.41) is 3.37. The van der Waals surface area contributed by atoms with E-state index in [1.54, 1.807) is 18.3 Å². The van der Waals surface area contributed by atoms with Crippen molar-refractivity contribution >= 4 is 33.1 Å². The summed E-state index contributed by atoms with van der Waals surface area (Å²) in [6.45, 7) is 3.88. The number of hydrogen-bond acceptors (Lipinski definition) is 4. The first-order chi connectivity index (χ1) is 12.9. The molecule has 2 atom stereocenters. The molecule has 0 radical (unpaired) electrons. The lowest BCUT2D eigenvalue weighted by Gasteiger charge is -2.18. The molecule has 0 aliphatic heterocycles. The quantitative estimate of drug-likeness (QED) is 0.743. The number of fused-ring (bicyclic) bond motifs is 3. The Morgan fingerprint density at radius 1 is 1.37 bits per heavy atom. The van der Waals surface area contributed by atoms with Crippen LogP contribution in [0.1, 0.15) is 36.8 Å². The molecule has 4 rings (SSSR count). The number of benzene rings is 1. The van der Waals surface area contributed by atoms with Crippen LogP contribution in [0.15, 0.2) is 35.4 Å². The minimum atomic E-state index is -0.725. The van der Waals surface area contributed by atoms with Crippen molar-refractivity contribution in [3.63, 3.8) is 0 Å². The number of halogens is 1. The van der Waals surface area contributed by atoms with Crippen LogP contribution in [0.4, 0.5) is 10.1 Å². The Bertz CT molecular complexity index is 1070. The Hall–Kier alpha value is -2.54. The summed E-state index contributed by atoms with van der Waals surface area (Å²) in [7, 11) is 0. The van der Waals surface area contributed by atoms with E-state index in [0.717, 1.165) is 29.7 Å². The van der Waals surface area contributed by atoms with Gasteiger partial charge < -0.3 is 5.32 Å². The zero-order valence-electron chi connectivity index (χ0n) is 15.2. The summed E-state index contributed by atoms with van der Waals surface area (Å²) in [4.78, 5) is 32.1. The highest BCUT2D eigenvalue weighted by atomic mass is 32.1. The number of anilines is 1. The number of amides is 1. The highest BCUT2D eigenvalue weighted by Gasteiger charge is 2.25. The highest BCUT2D eigenvalue weighted by Crippen LogP contribution is 2.35.